The minimum atomic E-state index is -0.819. The molecule has 188 valence electrons. The number of likely N-dealkylation sites (N-methyl/N-ethyl adjacent to an activating group) is 1. The van der Waals surface area contributed by atoms with E-state index >= 15 is 0 Å². The first-order valence-electron chi connectivity index (χ1n) is 11.7. The summed E-state index contributed by atoms with van der Waals surface area (Å²) in [6, 6.07) is 7.18. The third-order valence-corrected chi connectivity index (χ3v) is 6.90. The van der Waals surface area contributed by atoms with Crippen LogP contribution in [0.25, 0.3) is 0 Å². The molecule has 10 heteroatoms. The third kappa shape index (κ3) is 6.85. The monoisotopic (exact) mass is 520 g/mol. The highest BCUT2D eigenvalue weighted by Gasteiger charge is 2.38. The van der Waals surface area contributed by atoms with Crippen molar-refractivity contribution in [1.29, 1.82) is 0 Å². The van der Waals surface area contributed by atoms with Crippen molar-refractivity contribution in [3.63, 3.8) is 0 Å². The summed E-state index contributed by atoms with van der Waals surface area (Å²) in [6.07, 6.45) is 3.74. The molecule has 1 aromatic carbocycles. The predicted molar refractivity (Wildman–Crippen MR) is 134 cm³/mol. The normalized spacial score (nSPS) is 18.1. The Labute approximate surface area is 215 Å². The van der Waals surface area contributed by atoms with Gasteiger partial charge in [0.1, 0.15) is 17.4 Å². The van der Waals surface area contributed by atoms with Crippen molar-refractivity contribution in [2.75, 3.05) is 46.4 Å². The molecule has 8 nitrogen and oxygen atoms in total. The van der Waals surface area contributed by atoms with E-state index in [0.29, 0.717) is 35.5 Å². The maximum atomic E-state index is 13.3. The number of piperazine rings is 1. The lowest BCUT2D eigenvalue weighted by Gasteiger charge is -2.34. The minimum Gasteiger partial charge on any atom is -0.437 e. The van der Waals surface area contributed by atoms with Gasteiger partial charge in [0.25, 0.3) is 5.91 Å². The molecular weight excluding hydrogens is 491 g/mol. The van der Waals surface area contributed by atoms with E-state index in [0.717, 1.165) is 25.9 Å². The van der Waals surface area contributed by atoms with E-state index in [1.165, 1.54) is 6.20 Å². The quantitative estimate of drug-likeness (QED) is 0.540. The molecule has 35 heavy (non-hydrogen) atoms. The van der Waals surface area contributed by atoms with Crippen LogP contribution in [0.1, 0.15) is 30.1 Å². The second-order valence-electron chi connectivity index (χ2n) is 9.51. The fourth-order valence-electron chi connectivity index (χ4n) is 3.75. The van der Waals surface area contributed by atoms with Crippen LogP contribution in [0, 0.1) is 5.41 Å². The van der Waals surface area contributed by atoms with Gasteiger partial charge in [0.15, 0.2) is 0 Å². The van der Waals surface area contributed by atoms with Gasteiger partial charge in [-0.3, -0.25) is 9.59 Å². The number of hydrogen-bond acceptors (Lipinski definition) is 6. The van der Waals surface area contributed by atoms with E-state index < -0.39 is 11.9 Å². The van der Waals surface area contributed by atoms with Crippen LogP contribution in [0.2, 0.25) is 10.0 Å². The van der Waals surface area contributed by atoms with Gasteiger partial charge in [0.05, 0.1) is 18.2 Å². The molecule has 2 amide bonds. The molecule has 1 saturated heterocycles. The van der Waals surface area contributed by atoms with Gasteiger partial charge in [-0.1, -0.05) is 30.1 Å². The minimum absolute atomic E-state index is 0.0754. The van der Waals surface area contributed by atoms with Crippen LogP contribution in [-0.4, -0.2) is 79.1 Å². The molecule has 2 aromatic rings. The number of aromatic nitrogens is 1. The van der Waals surface area contributed by atoms with Gasteiger partial charge in [-0.2, -0.15) is 0 Å². The average Bonchev–Trinajstić information content (AvgIpc) is 3.57. The van der Waals surface area contributed by atoms with Crippen LogP contribution in [0.15, 0.2) is 36.5 Å². The predicted octanol–water partition coefficient (Wildman–Crippen LogP) is 3.87. The molecule has 2 heterocycles. The number of nitrogens with zero attached hydrogens (tertiary/aromatic N) is 3. The standard InChI is InChI=1S/C25H30Cl2N4O4/c1-25(7-8-25)16-34-15-20(24(33)31-12-10-30(2)11-13-31)29-22(32)18-4-3-9-28-23(18)35-21-6-5-17(26)14-19(21)27/h3-6,9,14,20H,7-8,10-13,15-16H2,1-2H3,(H,29,32)/t20-/m1/s1. The largest absolute Gasteiger partial charge is 0.437 e. The Morgan fingerprint density at radius 3 is 2.60 bits per heavy atom. The van der Waals surface area contributed by atoms with Gasteiger partial charge in [0, 0.05) is 37.4 Å². The second kappa shape index (κ2) is 11.1. The Morgan fingerprint density at radius 1 is 1.17 bits per heavy atom. The Morgan fingerprint density at radius 2 is 1.91 bits per heavy atom. The van der Waals surface area contributed by atoms with Crippen molar-refractivity contribution in [2.24, 2.45) is 5.41 Å². The van der Waals surface area contributed by atoms with E-state index in [1.54, 1.807) is 35.2 Å². The number of carbonyl (C=O) groups excluding carboxylic acids is 2. The van der Waals surface area contributed by atoms with Crippen molar-refractivity contribution in [1.82, 2.24) is 20.1 Å². The number of benzene rings is 1. The van der Waals surface area contributed by atoms with Crippen molar-refractivity contribution in [2.45, 2.75) is 25.8 Å². The van der Waals surface area contributed by atoms with Crippen molar-refractivity contribution in [3.8, 4) is 11.6 Å². The molecule has 2 aliphatic rings. The molecule has 0 unspecified atom stereocenters. The zero-order chi connectivity index (χ0) is 25.0. The highest BCUT2D eigenvalue weighted by atomic mass is 35.5. The molecule has 1 aliphatic carbocycles. The second-order valence-corrected chi connectivity index (χ2v) is 10.4. The van der Waals surface area contributed by atoms with Gasteiger partial charge in [-0.05, 0) is 55.6 Å². The van der Waals surface area contributed by atoms with E-state index in [2.05, 4.69) is 22.1 Å². The Bertz CT molecular complexity index is 1070. The number of hydrogen-bond donors (Lipinski definition) is 1. The van der Waals surface area contributed by atoms with Crippen LogP contribution in [-0.2, 0) is 9.53 Å². The molecule has 1 N–H and O–H groups in total. The molecule has 0 bridgehead atoms. The average molecular weight is 521 g/mol. The summed E-state index contributed by atoms with van der Waals surface area (Å²) in [6.45, 7) is 5.61. The number of carbonyl (C=O) groups is 2. The van der Waals surface area contributed by atoms with Crippen LogP contribution < -0.4 is 10.1 Å². The fraction of sp³-hybridized carbons (Fsp3) is 0.480. The summed E-state index contributed by atoms with van der Waals surface area (Å²) < 4.78 is 11.7. The summed E-state index contributed by atoms with van der Waals surface area (Å²) in [5, 5.41) is 3.61. The maximum absolute atomic E-state index is 13.3. The number of pyridine rings is 1. The number of nitrogens with one attached hydrogen (secondary N) is 1. The summed E-state index contributed by atoms with van der Waals surface area (Å²) in [5.74, 6) is -0.243. The van der Waals surface area contributed by atoms with Crippen molar-refractivity contribution >= 4 is 35.0 Å². The summed E-state index contributed by atoms with van der Waals surface area (Å²) in [7, 11) is 2.03. The first-order valence-corrected chi connectivity index (χ1v) is 12.4. The smallest absolute Gasteiger partial charge is 0.257 e. The topological polar surface area (TPSA) is 84.0 Å². The zero-order valence-electron chi connectivity index (χ0n) is 19.9. The van der Waals surface area contributed by atoms with Crippen LogP contribution in [0.3, 0.4) is 0 Å². The number of amides is 2. The lowest BCUT2D eigenvalue weighted by molar-refractivity contribution is -0.136. The zero-order valence-corrected chi connectivity index (χ0v) is 21.4. The molecule has 0 spiro atoms. The highest BCUT2D eigenvalue weighted by molar-refractivity contribution is 6.35. The first kappa shape index (κ1) is 25.7. The van der Waals surface area contributed by atoms with E-state index in [-0.39, 0.29) is 29.4 Å². The fourth-order valence-corrected chi connectivity index (χ4v) is 4.19. The summed E-state index contributed by atoms with van der Waals surface area (Å²) in [4.78, 5) is 34.8. The van der Waals surface area contributed by atoms with E-state index in [1.807, 2.05) is 7.05 Å². The van der Waals surface area contributed by atoms with Gasteiger partial charge in [-0.15, -0.1) is 0 Å². The maximum Gasteiger partial charge on any atom is 0.257 e. The number of ether oxygens (including phenoxy) is 2. The SMILES string of the molecule is CN1CCN(C(=O)[C@@H](COCC2(C)CC2)NC(=O)c2cccnc2Oc2ccc(Cl)cc2Cl)CC1. The lowest BCUT2D eigenvalue weighted by atomic mass is 10.1. The van der Waals surface area contributed by atoms with Crippen LogP contribution >= 0.6 is 23.2 Å². The molecule has 2 fully saturated rings. The van der Waals surface area contributed by atoms with E-state index in [9.17, 15) is 9.59 Å². The Balaban J connectivity index is 1.49. The number of rotatable bonds is 9. The van der Waals surface area contributed by atoms with Gasteiger partial charge in [-0.25, -0.2) is 4.98 Å². The third-order valence-electron chi connectivity index (χ3n) is 6.37. The van der Waals surface area contributed by atoms with Crippen LogP contribution in [0.4, 0.5) is 0 Å². The molecule has 1 aromatic heterocycles. The van der Waals surface area contributed by atoms with Crippen molar-refractivity contribution < 1.29 is 19.1 Å². The molecular formula is C25H30Cl2N4O4. The molecule has 0 radical (unpaired) electrons. The van der Waals surface area contributed by atoms with Gasteiger partial charge < -0.3 is 24.6 Å². The first-order chi connectivity index (χ1) is 16.7. The molecule has 1 saturated carbocycles. The van der Waals surface area contributed by atoms with Crippen molar-refractivity contribution in [3.05, 3.63) is 52.1 Å². The lowest BCUT2D eigenvalue weighted by Crippen LogP contribution is -2.55. The number of halogens is 2. The molecule has 1 aliphatic heterocycles. The van der Waals surface area contributed by atoms with Gasteiger partial charge >= 0.3 is 0 Å². The molecule has 4 rings (SSSR count). The van der Waals surface area contributed by atoms with Gasteiger partial charge in [0.2, 0.25) is 11.8 Å². The summed E-state index contributed by atoms with van der Waals surface area (Å²) in [5.41, 5.74) is 0.358. The Kier molecular flexibility index (Phi) is 8.16. The van der Waals surface area contributed by atoms with Crippen LogP contribution in [0.5, 0.6) is 11.6 Å². The highest BCUT2D eigenvalue weighted by Crippen LogP contribution is 2.45. The summed E-state index contributed by atoms with van der Waals surface area (Å²) >= 11 is 12.2. The Hall–Kier alpha value is -2.39. The molecule has 1 atom stereocenters. The van der Waals surface area contributed by atoms with E-state index in [4.69, 9.17) is 32.7 Å².